The summed E-state index contributed by atoms with van der Waals surface area (Å²) in [5, 5.41) is 4.84. The SMILES string of the molecule is COc1ccccc1-c1nn(-c2ccccc2)c(OC(C)=O)c1-c1ccc(N)cc1. The van der Waals surface area contributed by atoms with E-state index >= 15 is 0 Å². The minimum Gasteiger partial charge on any atom is -0.496 e. The molecule has 0 aliphatic rings. The normalized spacial score (nSPS) is 10.6. The van der Waals surface area contributed by atoms with Crippen LogP contribution in [0.4, 0.5) is 5.69 Å². The van der Waals surface area contributed by atoms with Crippen LogP contribution in [0.15, 0.2) is 78.9 Å². The summed E-state index contributed by atoms with van der Waals surface area (Å²) in [5.41, 5.74) is 10.2. The van der Waals surface area contributed by atoms with Crippen molar-refractivity contribution in [1.29, 1.82) is 0 Å². The van der Waals surface area contributed by atoms with Gasteiger partial charge in [0, 0.05) is 18.2 Å². The fourth-order valence-corrected chi connectivity index (χ4v) is 3.32. The number of rotatable bonds is 5. The van der Waals surface area contributed by atoms with E-state index in [-0.39, 0.29) is 0 Å². The summed E-state index contributed by atoms with van der Waals surface area (Å²) in [6.45, 7) is 1.37. The molecule has 150 valence electrons. The van der Waals surface area contributed by atoms with Gasteiger partial charge in [0.05, 0.1) is 18.4 Å². The molecule has 30 heavy (non-hydrogen) atoms. The zero-order chi connectivity index (χ0) is 21.1. The Bertz CT molecular complexity index is 1180. The van der Waals surface area contributed by atoms with Crippen molar-refractivity contribution in [3.05, 3.63) is 78.9 Å². The lowest BCUT2D eigenvalue weighted by Gasteiger charge is -2.10. The average Bonchev–Trinajstić information content (AvgIpc) is 3.13. The van der Waals surface area contributed by atoms with Crippen molar-refractivity contribution in [3.8, 4) is 39.7 Å². The molecule has 4 rings (SSSR count). The van der Waals surface area contributed by atoms with Crippen LogP contribution in [0.2, 0.25) is 0 Å². The lowest BCUT2D eigenvalue weighted by Crippen LogP contribution is -2.08. The van der Waals surface area contributed by atoms with Crippen LogP contribution < -0.4 is 15.2 Å². The number of anilines is 1. The number of methoxy groups -OCH3 is 1. The first kappa shape index (κ1) is 19.3. The largest absolute Gasteiger partial charge is 0.496 e. The molecule has 0 aliphatic carbocycles. The number of hydrogen-bond acceptors (Lipinski definition) is 5. The summed E-state index contributed by atoms with van der Waals surface area (Å²) in [5.74, 6) is 0.566. The van der Waals surface area contributed by atoms with Crippen molar-refractivity contribution in [2.24, 2.45) is 0 Å². The van der Waals surface area contributed by atoms with Crippen LogP contribution in [0, 0.1) is 0 Å². The molecule has 1 aromatic heterocycles. The van der Waals surface area contributed by atoms with E-state index in [4.69, 9.17) is 20.3 Å². The standard InChI is InChI=1S/C24H21N3O3/c1-16(28)30-24-22(17-12-14-18(25)15-13-17)23(20-10-6-7-11-21(20)29-2)26-27(24)19-8-4-3-5-9-19/h3-15H,25H2,1-2H3. The summed E-state index contributed by atoms with van der Waals surface area (Å²) in [6.07, 6.45) is 0. The van der Waals surface area contributed by atoms with E-state index in [1.807, 2.05) is 66.7 Å². The molecule has 4 aromatic rings. The van der Waals surface area contributed by atoms with Crippen molar-refractivity contribution >= 4 is 11.7 Å². The summed E-state index contributed by atoms with van der Waals surface area (Å²) >= 11 is 0. The van der Waals surface area contributed by atoms with Gasteiger partial charge in [-0.05, 0) is 42.0 Å². The highest BCUT2D eigenvalue weighted by Gasteiger charge is 2.26. The number of nitrogens with zero attached hydrogens (tertiary/aromatic N) is 2. The number of nitrogen functional groups attached to an aromatic ring is 1. The van der Waals surface area contributed by atoms with E-state index in [1.165, 1.54) is 6.92 Å². The first-order chi connectivity index (χ1) is 14.6. The number of para-hydroxylation sites is 2. The number of nitrogens with two attached hydrogens (primary N) is 1. The van der Waals surface area contributed by atoms with Crippen LogP contribution in [-0.2, 0) is 4.79 Å². The van der Waals surface area contributed by atoms with Crippen molar-refractivity contribution < 1.29 is 14.3 Å². The molecule has 6 heteroatoms. The van der Waals surface area contributed by atoms with Gasteiger partial charge in [-0.3, -0.25) is 4.79 Å². The summed E-state index contributed by atoms with van der Waals surface area (Å²) in [4.78, 5) is 12.0. The predicted octanol–water partition coefficient (Wildman–Crippen LogP) is 4.72. The molecule has 6 nitrogen and oxygen atoms in total. The quantitative estimate of drug-likeness (QED) is 0.388. The van der Waals surface area contributed by atoms with Crippen molar-refractivity contribution in [3.63, 3.8) is 0 Å². The first-order valence-electron chi connectivity index (χ1n) is 9.44. The molecular weight excluding hydrogens is 378 g/mol. The maximum absolute atomic E-state index is 12.0. The summed E-state index contributed by atoms with van der Waals surface area (Å²) in [6, 6.07) is 24.5. The Kier molecular flexibility index (Phi) is 5.22. The van der Waals surface area contributed by atoms with Gasteiger partial charge in [-0.15, -0.1) is 0 Å². The second kappa shape index (κ2) is 8.13. The number of hydrogen-bond donors (Lipinski definition) is 1. The molecule has 0 aliphatic heterocycles. The lowest BCUT2D eigenvalue weighted by molar-refractivity contribution is -0.132. The Morgan fingerprint density at radius 3 is 2.27 bits per heavy atom. The molecule has 0 saturated carbocycles. The third kappa shape index (κ3) is 3.63. The van der Waals surface area contributed by atoms with Gasteiger partial charge < -0.3 is 15.2 Å². The monoisotopic (exact) mass is 399 g/mol. The maximum Gasteiger partial charge on any atom is 0.309 e. The van der Waals surface area contributed by atoms with Crippen LogP contribution in [0.3, 0.4) is 0 Å². The number of carbonyl (C=O) groups is 1. The minimum absolute atomic E-state index is 0.333. The Balaban J connectivity index is 2.07. The number of carbonyl (C=O) groups excluding carboxylic acids is 1. The molecule has 0 spiro atoms. The third-order valence-electron chi connectivity index (χ3n) is 4.65. The molecule has 0 saturated heterocycles. The molecule has 0 radical (unpaired) electrons. The molecule has 0 unspecified atom stereocenters. The van der Waals surface area contributed by atoms with E-state index < -0.39 is 5.97 Å². The Labute approximate surface area is 174 Å². The van der Waals surface area contributed by atoms with E-state index in [1.54, 1.807) is 23.9 Å². The highest BCUT2D eigenvalue weighted by molar-refractivity contribution is 5.89. The molecule has 3 aromatic carbocycles. The van der Waals surface area contributed by atoms with E-state index in [0.717, 1.165) is 16.8 Å². The van der Waals surface area contributed by atoms with E-state index in [9.17, 15) is 4.79 Å². The summed E-state index contributed by atoms with van der Waals surface area (Å²) in [7, 11) is 1.61. The van der Waals surface area contributed by atoms with Gasteiger partial charge >= 0.3 is 5.97 Å². The van der Waals surface area contributed by atoms with Gasteiger partial charge in [-0.2, -0.15) is 9.78 Å². The molecule has 2 N–H and O–H groups in total. The van der Waals surface area contributed by atoms with Crippen LogP contribution in [0.25, 0.3) is 28.1 Å². The Morgan fingerprint density at radius 2 is 1.60 bits per heavy atom. The fraction of sp³-hybridized carbons (Fsp3) is 0.0833. The number of esters is 1. The van der Waals surface area contributed by atoms with Gasteiger partial charge in [0.25, 0.3) is 0 Å². The highest BCUT2D eigenvalue weighted by Crippen LogP contribution is 2.43. The number of ether oxygens (including phenoxy) is 2. The van der Waals surface area contributed by atoms with Crippen molar-refractivity contribution in [1.82, 2.24) is 9.78 Å². The van der Waals surface area contributed by atoms with Gasteiger partial charge in [0.15, 0.2) is 0 Å². The van der Waals surface area contributed by atoms with Gasteiger partial charge in [0.1, 0.15) is 11.4 Å². The van der Waals surface area contributed by atoms with Crippen molar-refractivity contribution in [2.45, 2.75) is 6.92 Å². The Morgan fingerprint density at radius 1 is 0.933 bits per heavy atom. The number of aromatic nitrogens is 2. The maximum atomic E-state index is 12.0. The van der Waals surface area contributed by atoms with Crippen LogP contribution in [0.5, 0.6) is 11.6 Å². The van der Waals surface area contributed by atoms with E-state index in [0.29, 0.717) is 28.6 Å². The topological polar surface area (TPSA) is 79.4 Å². The van der Waals surface area contributed by atoms with Gasteiger partial charge in [0.2, 0.25) is 5.88 Å². The first-order valence-corrected chi connectivity index (χ1v) is 9.44. The Hall–Kier alpha value is -4.06. The van der Waals surface area contributed by atoms with Crippen LogP contribution >= 0.6 is 0 Å². The smallest absolute Gasteiger partial charge is 0.309 e. The zero-order valence-electron chi connectivity index (χ0n) is 16.7. The molecule has 0 bridgehead atoms. The number of benzene rings is 3. The zero-order valence-corrected chi connectivity index (χ0v) is 16.7. The minimum atomic E-state index is -0.435. The molecule has 1 heterocycles. The lowest BCUT2D eigenvalue weighted by atomic mass is 10.0. The highest BCUT2D eigenvalue weighted by atomic mass is 16.5. The fourth-order valence-electron chi connectivity index (χ4n) is 3.32. The molecule has 0 amide bonds. The van der Waals surface area contributed by atoms with Gasteiger partial charge in [-0.1, -0.05) is 42.5 Å². The van der Waals surface area contributed by atoms with Crippen LogP contribution in [0.1, 0.15) is 6.92 Å². The van der Waals surface area contributed by atoms with Crippen molar-refractivity contribution in [2.75, 3.05) is 12.8 Å². The second-order valence-corrected chi connectivity index (χ2v) is 6.69. The predicted molar refractivity (Wildman–Crippen MR) is 117 cm³/mol. The van der Waals surface area contributed by atoms with Crippen LogP contribution in [-0.4, -0.2) is 22.9 Å². The van der Waals surface area contributed by atoms with Gasteiger partial charge in [-0.25, -0.2) is 0 Å². The third-order valence-corrected chi connectivity index (χ3v) is 4.65. The molecule has 0 fully saturated rings. The average molecular weight is 399 g/mol. The summed E-state index contributed by atoms with van der Waals surface area (Å²) < 4.78 is 12.9. The molecular formula is C24H21N3O3. The second-order valence-electron chi connectivity index (χ2n) is 6.69. The van der Waals surface area contributed by atoms with E-state index in [2.05, 4.69) is 0 Å². The molecule has 0 atom stereocenters.